The Labute approximate surface area is 186 Å². The van der Waals surface area contributed by atoms with E-state index >= 15 is 0 Å². The Morgan fingerprint density at radius 2 is 2.14 bits per heavy atom. The smallest absolute Gasteiger partial charge is 0.189 e. The van der Waals surface area contributed by atoms with Crippen molar-refractivity contribution in [1.29, 1.82) is 0 Å². The zero-order valence-corrected chi connectivity index (χ0v) is 19.6. The Bertz CT molecular complexity index is 582. The average molecular weight is 506 g/mol. The topological polar surface area (TPSA) is 81.3 Å². The molecule has 28 heavy (non-hydrogen) atoms. The van der Waals surface area contributed by atoms with Crippen molar-refractivity contribution in [3.63, 3.8) is 0 Å². The van der Waals surface area contributed by atoms with E-state index < -0.39 is 0 Å². The predicted molar refractivity (Wildman–Crippen MR) is 124 cm³/mol. The summed E-state index contributed by atoms with van der Waals surface area (Å²) in [5.41, 5.74) is 6.98. The van der Waals surface area contributed by atoms with E-state index in [1.54, 1.807) is 7.11 Å². The van der Waals surface area contributed by atoms with E-state index in [0.29, 0.717) is 31.8 Å². The van der Waals surface area contributed by atoms with Gasteiger partial charge in [0.15, 0.2) is 5.96 Å². The summed E-state index contributed by atoms with van der Waals surface area (Å²) in [4.78, 5) is 6.74. The lowest BCUT2D eigenvalue weighted by molar-refractivity contribution is 0.0392. The first-order valence-corrected chi connectivity index (χ1v) is 9.63. The lowest BCUT2D eigenvalue weighted by atomic mass is 10.1. The summed E-state index contributed by atoms with van der Waals surface area (Å²) >= 11 is 0. The van der Waals surface area contributed by atoms with E-state index in [1.165, 1.54) is 0 Å². The highest BCUT2D eigenvalue weighted by Gasteiger charge is 2.17. The van der Waals surface area contributed by atoms with Gasteiger partial charge in [0.05, 0.1) is 13.2 Å². The average Bonchev–Trinajstić information content (AvgIpc) is 2.67. The van der Waals surface area contributed by atoms with Gasteiger partial charge in [-0.15, -0.1) is 24.0 Å². The molecule has 7 nitrogen and oxygen atoms in total. The van der Waals surface area contributed by atoms with Crippen molar-refractivity contribution in [2.24, 2.45) is 10.7 Å². The highest BCUT2D eigenvalue weighted by Crippen LogP contribution is 2.15. The first kappa shape index (κ1) is 24.9. The molecule has 0 radical (unpaired) electrons. The molecule has 3 N–H and O–H groups in total. The minimum Gasteiger partial charge on any atom is -0.492 e. The van der Waals surface area contributed by atoms with Crippen LogP contribution < -0.4 is 15.8 Å². The number of rotatable bonds is 10. The van der Waals surface area contributed by atoms with Crippen LogP contribution >= 0.6 is 24.0 Å². The largest absolute Gasteiger partial charge is 0.492 e. The van der Waals surface area contributed by atoms with Gasteiger partial charge < -0.3 is 25.3 Å². The number of benzene rings is 1. The monoisotopic (exact) mass is 506 g/mol. The molecule has 0 spiro atoms. The van der Waals surface area contributed by atoms with E-state index in [9.17, 15) is 0 Å². The van der Waals surface area contributed by atoms with Gasteiger partial charge in [0.25, 0.3) is 0 Å². The van der Waals surface area contributed by atoms with Crippen molar-refractivity contribution in [3.05, 3.63) is 29.8 Å². The number of guanidine groups is 1. The molecule has 1 aromatic carbocycles. The second-order valence-corrected chi connectivity index (χ2v) is 7.02. The van der Waals surface area contributed by atoms with Crippen molar-refractivity contribution in [3.8, 4) is 5.75 Å². The van der Waals surface area contributed by atoms with Gasteiger partial charge in [-0.1, -0.05) is 12.1 Å². The molecule has 0 bridgehead atoms. The van der Waals surface area contributed by atoms with E-state index in [-0.39, 0.29) is 30.0 Å². The van der Waals surface area contributed by atoms with E-state index in [4.69, 9.17) is 19.9 Å². The SMILES string of the molecule is COCC(C)NC(N)=NCc1cccc(OCCN(C)C2CCOCC2)c1.I. The molecule has 1 atom stereocenters. The van der Waals surface area contributed by atoms with Gasteiger partial charge >= 0.3 is 0 Å². The normalized spacial score (nSPS) is 16.5. The fourth-order valence-corrected chi connectivity index (χ4v) is 3.12. The quantitative estimate of drug-likeness (QED) is 0.288. The molecule has 160 valence electrons. The molecule has 0 aliphatic carbocycles. The minimum atomic E-state index is 0. The predicted octanol–water partition coefficient (Wildman–Crippen LogP) is 2.23. The van der Waals surface area contributed by atoms with Crippen LogP contribution in [0.15, 0.2) is 29.3 Å². The number of methoxy groups -OCH3 is 1. The molecular formula is C20H35IN4O3. The molecule has 1 fully saturated rings. The fourth-order valence-electron chi connectivity index (χ4n) is 3.12. The molecule has 1 heterocycles. The molecule has 0 amide bonds. The summed E-state index contributed by atoms with van der Waals surface area (Å²) in [6, 6.07) is 8.73. The summed E-state index contributed by atoms with van der Waals surface area (Å²) < 4.78 is 16.4. The van der Waals surface area contributed by atoms with Crippen LogP contribution in [-0.4, -0.2) is 70.1 Å². The van der Waals surface area contributed by atoms with Crippen molar-refractivity contribution in [1.82, 2.24) is 10.2 Å². The number of aliphatic imine (C=N–C) groups is 1. The zero-order chi connectivity index (χ0) is 19.5. The third kappa shape index (κ3) is 9.40. The molecule has 2 rings (SSSR count). The van der Waals surface area contributed by atoms with Gasteiger partial charge in [-0.05, 0) is 44.5 Å². The van der Waals surface area contributed by atoms with Gasteiger partial charge in [-0.3, -0.25) is 4.90 Å². The van der Waals surface area contributed by atoms with Crippen LogP contribution in [0.5, 0.6) is 5.75 Å². The molecular weight excluding hydrogens is 471 g/mol. The summed E-state index contributed by atoms with van der Waals surface area (Å²) in [5, 5.41) is 3.10. The number of hydrogen-bond acceptors (Lipinski definition) is 5. The lowest BCUT2D eigenvalue weighted by Gasteiger charge is -2.31. The third-order valence-corrected chi connectivity index (χ3v) is 4.67. The maximum atomic E-state index is 5.93. The highest BCUT2D eigenvalue weighted by molar-refractivity contribution is 14.0. The van der Waals surface area contributed by atoms with Crippen LogP contribution in [0.2, 0.25) is 0 Å². The maximum Gasteiger partial charge on any atom is 0.189 e. The van der Waals surface area contributed by atoms with Gasteiger partial charge in [0, 0.05) is 39.0 Å². The van der Waals surface area contributed by atoms with Crippen molar-refractivity contribution >= 4 is 29.9 Å². The van der Waals surface area contributed by atoms with Crippen LogP contribution in [-0.2, 0) is 16.0 Å². The Hall–Kier alpha value is -1.10. The first-order chi connectivity index (χ1) is 13.1. The van der Waals surface area contributed by atoms with Crippen LogP contribution in [0.25, 0.3) is 0 Å². The Morgan fingerprint density at radius 3 is 2.86 bits per heavy atom. The Balaban J connectivity index is 0.00000392. The zero-order valence-electron chi connectivity index (χ0n) is 17.2. The van der Waals surface area contributed by atoms with E-state index in [1.807, 2.05) is 31.2 Å². The minimum absolute atomic E-state index is 0. The molecule has 0 saturated carbocycles. The van der Waals surface area contributed by atoms with Crippen molar-refractivity contribution in [2.75, 3.05) is 47.1 Å². The molecule has 1 saturated heterocycles. The number of hydrogen-bond donors (Lipinski definition) is 2. The number of halogens is 1. The molecule has 1 aromatic rings. The summed E-state index contributed by atoms with van der Waals surface area (Å²) in [6.07, 6.45) is 2.20. The molecule has 1 aliphatic rings. The van der Waals surface area contributed by atoms with Gasteiger partial charge in [0.2, 0.25) is 0 Å². The number of nitrogens with one attached hydrogen (secondary N) is 1. The Morgan fingerprint density at radius 1 is 1.39 bits per heavy atom. The second kappa shape index (κ2) is 14.0. The molecule has 0 aromatic heterocycles. The van der Waals surface area contributed by atoms with Crippen LogP contribution in [0.1, 0.15) is 25.3 Å². The molecule has 1 aliphatic heterocycles. The first-order valence-electron chi connectivity index (χ1n) is 9.63. The van der Waals surface area contributed by atoms with E-state index in [2.05, 4.69) is 22.3 Å². The maximum absolute atomic E-state index is 5.93. The third-order valence-electron chi connectivity index (χ3n) is 4.67. The van der Waals surface area contributed by atoms with Gasteiger partial charge in [0.1, 0.15) is 12.4 Å². The summed E-state index contributed by atoms with van der Waals surface area (Å²) in [7, 11) is 3.82. The van der Waals surface area contributed by atoms with Crippen LogP contribution in [0, 0.1) is 0 Å². The standard InChI is InChI=1S/C20H34N4O3.HI/c1-16(15-25-3)23-20(21)22-14-17-5-4-6-19(13-17)27-12-9-24(2)18-7-10-26-11-8-18;/h4-6,13,16,18H,7-12,14-15H2,1-3H3,(H3,21,22,23);1H. The van der Waals surface area contributed by atoms with Crippen molar-refractivity contribution in [2.45, 2.75) is 38.4 Å². The number of nitrogens with zero attached hydrogens (tertiary/aromatic N) is 2. The molecule has 8 heteroatoms. The van der Waals surface area contributed by atoms with Crippen LogP contribution in [0.3, 0.4) is 0 Å². The summed E-state index contributed by atoms with van der Waals surface area (Å²) in [6.45, 7) is 6.39. The highest BCUT2D eigenvalue weighted by atomic mass is 127. The van der Waals surface area contributed by atoms with Gasteiger partial charge in [-0.2, -0.15) is 0 Å². The fraction of sp³-hybridized carbons (Fsp3) is 0.650. The lowest BCUT2D eigenvalue weighted by Crippen LogP contribution is -2.40. The molecule has 1 unspecified atom stereocenters. The Kier molecular flexibility index (Phi) is 12.4. The van der Waals surface area contributed by atoms with Crippen molar-refractivity contribution < 1.29 is 14.2 Å². The number of ether oxygens (including phenoxy) is 3. The number of nitrogens with two attached hydrogens (primary N) is 1. The van der Waals surface area contributed by atoms with E-state index in [0.717, 1.165) is 43.9 Å². The van der Waals surface area contributed by atoms with Crippen LogP contribution in [0.4, 0.5) is 0 Å². The van der Waals surface area contributed by atoms with Gasteiger partial charge in [-0.25, -0.2) is 4.99 Å². The number of likely N-dealkylation sites (N-methyl/N-ethyl adjacent to an activating group) is 1. The summed E-state index contributed by atoms with van der Waals surface area (Å²) in [5.74, 6) is 1.28. The second-order valence-electron chi connectivity index (χ2n) is 7.02.